The molecule has 1 atom stereocenters. The van der Waals surface area contributed by atoms with Crippen LogP contribution in [0, 0.1) is 10.5 Å². The Morgan fingerprint density at radius 2 is 2.14 bits per heavy atom. The van der Waals surface area contributed by atoms with Gasteiger partial charge in [-0.05, 0) is 70.7 Å². The Hall–Kier alpha value is -1.07. The summed E-state index contributed by atoms with van der Waals surface area (Å²) in [6.07, 6.45) is 3.02. The van der Waals surface area contributed by atoms with Gasteiger partial charge in [-0.1, -0.05) is 30.3 Å². The largest absolute Gasteiger partial charge is 0.493 e. The Balaban J connectivity index is 1.68. The average Bonchev–Trinajstić information content (AvgIpc) is 2.95. The van der Waals surface area contributed by atoms with Crippen molar-refractivity contribution in [3.05, 3.63) is 62.2 Å². The van der Waals surface area contributed by atoms with Gasteiger partial charge in [-0.25, -0.2) is 0 Å². The number of hydrogen-bond acceptors (Lipinski definition) is 2. The van der Waals surface area contributed by atoms with E-state index in [2.05, 4.69) is 65.9 Å². The molecular formula is C18H20INO. The Morgan fingerprint density at radius 1 is 1.29 bits per heavy atom. The molecule has 3 rings (SSSR count). The summed E-state index contributed by atoms with van der Waals surface area (Å²) in [4.78, 5) is 0. The van der Waals surface area contributed by atoms with Crippen LogP contribution in [0.25, 0.3) is 0 Å². The molecule has 0 saturated carbocycles. The molecule has 2 aromatic rings. The standard InChI is InChI=1S/C18H20INO/c1-12-3-2-4-15(18(12)19)16(20)7-5-13-6-8-17-14(11-13)9-10-21-17/h2-4,6,8,11,16H,5,7,9-10,20H2,1H3. The normalized spacial score (nSPS) is 14.6. The lowest BCUT2D eigenvalue weighted by Crippen LogP contribution is -2.13. The van der Waals surface area contributed by atoms with Crippen molar-refractivity contribution in [3.8, 4) is 5.75 Å². The molecule has 0 aromatic heterocycles. The van der Waals surface area contributed by atoms with E-state index >= 15 is 0 Å². The van der Waals surface area contributed by atoms with E-state index in [1.165, 1.54) is 25.8 Å². The van der Waals surface area contributed by atoms with E-state index < -0.39 is 0 Å². The summed E-state index contributed by atoms with van der Waals surface area (Å²) >= 11 is 2.40. The second-order valence-corrected chi connectivity index (χ2v) is 6.74. The van der Waals surface area contributed by atoms with Gasteiger partial charge in [-0.3, -0.25) is 0 Å². The first-order valence-electron chi connectivity index (χ1n) is 7.40. The first-order chi connectivity index (χ1) is 10.1. The molecule has 3 heteroatoms. The van der Waals surface area contributed by atoms with Gasteiger partial charge < -0.3 is 10.5 Å². The van der Waals surface area contributed by atoms with Gasteiger partial charge in [-0.15, -0.1) is 0 Å². The molecule has 0 amide bonds. The van der Waals surface area contributed by atoms with E-state index in [1.807, 2.05) is 0 Å². The van der Waals surface area contributed by atoms with Crippen LogP contribution >= 0.6 is 22.6 Å². The molecule has 1 aliphatic rings. The molecule has 0 radical (unpaired) electrons. The third-order valence-electron chi connectivity index (χ3n) is 4.12. The lowest BCUT2D eigenvalue weighted by molar-refractivity contribution is 0.357. The Labute approximate surface area is 139 Å². The van der Waals surface area contributed by atoms with Crippen LogP contribution in [-0.4, -0.2) is 6.61 Å². The molecule has 2 N–H and O–H groups in total. The lowest BCUT2D eigenvalue weighted by atomic mass is 9.97. The van der Waals surface area contributed by atoms with E-state index in [4.69, 9.17) is 10.5 Å². The van der Waals surface area contributed by atoms with Gasteiger partial charge in [0.05, 0.1) is 6.61 Å². The van der Waals surface area contributed by atoms with Crippen molar-refractivity contribution in [2.75, 3.05) is 6.61 Å². The van der Waals surface area contributed by atoms with Crippen molar-refractivity contribution in [2.45, 2.75) is 32.2 Å². The second-order valence-electron chi connectivity index (χ2n) is 5.66. The second kappa shape index (κ2) is 6.36. The third kappa shape index (κ3) is 3.24. The van der Waals surface area contributed by atoms with Crippen molar-refractivity contribution in [2.24, 2.45) is 5.73 Å². The maximum atomic E-state index is 6.40. The summed E-state index contributed by atoms with van der Waals surface area (Å²) in [6, 6.07) is 13.0. The van der Waals surface area contributed by atoms with E-state index in [0.717, 1.165) is 31.6 Å². The van der Waals surface area contributed by atoms with Crippen molar-refractivity contribution in [3.63, 3.8) is 0 Å². The molecule has 2 aromatic carbocycles. The minimum atomic E-state index is 0.0984. The zero-order valence-electron chi connectivity index (χ0n) is 12.2. The van der Waals surface area contributed by atoms with Crippen LogP contribution in [0.4, 0.5) is 0 Å². The van der Waals surface area contributed by atoms with Gasteiger partial charge in [-0.2, -0.15) is 0 Å². The van der Waals surface area contributed by atoms with E-state index in [0.29, 0.717) is 0 Å². The summed E-state index contributed by atoms with van der Waals surface area (Å²) in [6.45, 7) is 2.96. The van der Waals surface area contributed by atoms with Crippen LogP contribution < -0.4 is 10.5 Å². The Bertz CT molecular complexity index is 654. The van der Waals surface area contributed by atoms with Gasteiger partial charge in [0.2, 0.25) is 0 Å². The van der Waals surface area contributed by atoms with Crippen LogP contribution in [0.15, 0.2) is 36.4 Å². The van der Waals surface area contributed by atoms with Crippen LogP contribution in [0.5, 0.6) is 5.75 Å². The van der Waals surface area contributed by atoms with Gasteiger partial charge >= 0.3 is 0 Å². The van der Waals surface area contributed by atoms with Crippen LogP contribution in [-0.2, 0) is 12.8 Å². The predicted octanol–water partition coefficient (Wildman–Crippen LogP) is 4.17. The monoisotopic (exact) mass is 393 g/mol. The molecule has 1 heterocycles. The van der Waals surface area contributed by atoms with Crippen molar-refractivity contribution < 1.29 is 4.74 Å². The van der Waals surface area contributed by atoms with Crippen molar-refractivity contribution in [1.82, 2.24) is 0 Å². The number of nitrogens with two attached hydrogens (primary N) is 1. The van der Waals surface area contributed by atoms with Crippen LogP contribution in [0.3, 0.4) is 0 Å². The number of halogens is 1. The van der Waals surface area contributed by atoms with E-state index in [1.54, 1.807) is 0 Å². The fourth-order valence-electron chi connectivity index (χ4n) is 2.83. The van der Waals surface area contributed by atoms with Gasteiger partial charge in [0.15, 0.2) is 0 Å². The summed E-state index contributed by atoms with van der Waals surface area (Å²) in [7, 11) is 0. The summed E-state index contributed by atoms with van der Waals surface area (Å²) in [5, 5.41) is 0. The highest BCUT2D eigenvalue weighted by Gasteiger charge is 2.14. The summed E-state index contributed by atoms with van der Waals surface area (Å²) in [5.74, 6) is 1.05. The zero-order chi connectivity index (χ0) is 14.8. The third-order valence-corrected chi connectivity index (χ3v) is 5.59. The average molecular weight is 393 g/mol. The number of ether oxygens (including phenoxy) is 1. The molecule has 21 heavy (non-hydrogen) atoms. The Kier molecular flexibility index (Phi) is 4.50. The zero-order valence-corrected chi connectivity index (χ0v) is 14.4. The molecule has 0 aliphatic carbocycles. The molecule has 1 aliphatic heterocycles. The number of rotatable bonds is 4. The van der Waals surface area contributed by atoms with E-state index in [-0.39, 0.29) is 6.04 Å². The SMILES string of the molecule is Cc1cccc(C(N)CCc2ccc3c(c2)CCO3)c1I. The quantitative estimate of drug-likeness (QED) is 0.792. The smallest absolute Gasteiger partial charge is 0.122 e. The van der Waals surface area contributed by atoms with E-state index in [9.17, 15) is 0 Å². The van der Waals surface area contributed by atoms with Crippen LogP contribution in [0.1, 0.15) is 34.7 Å². The molecule has 2 nitrogen and oxygen atoms in total. The molecule has 0 bridgehead atoms. The number of hydrogen-bond donors (Lipinski definition) is 1. The lowest BCUT2D eigenvalue weighted by Gasteiger charge is -2.15. The maximum absolute atomic E-state index is 6.40. The minimum Gasteiger partial charge on any atom is -0.493 e. The fraction of sp³-hybridized carbons (Fsp3) is 0.333. The molecular weight excluding hydrogens is 373 g/mol. The molecule has 1 unspecified atom stereocenters. The Morgan fingerprint density at radius 3 is 3.00 bits per heavy atom. The molecule has 0 saturated heterocycles. The van der Waals surface area contributed by atoms with Gasteiger partial charge in [0.25, 0.3) is 0 Å². The summed E-state index contributed by atoms with van der Waals surface area (Å²) in [5.41, 5.74) is 11.7. The van der Waals surface area contributed by atoms with Gasteiger partial charge in [0, 0.05) is 16.0 Å². The number of aryl methyl sites for hydroxylation is 2. The highest BCUT2D eigenvalue weighted by molar-refractivity contribution is 14.1. The first kappa shape index (κ1) is 14.9. The van der Waals surface area contributed by atoms with Crippen molar-refractivity contribution >= 4 is 22.6 Å². The minimum absolute atomic E-state index is 0.0984. The van der Waals surface area contributed by atoms with Gasteiger partial charge in [0.1, 0.15) is 5.75 Å². The highest BCUT2D eigenvalue weighted by atomic mass is 127. The molecule has 0 spiro atoms. The topological polar surface area (TPSA) is 35.2 Å². The fourth-order valence-corrected chi connectivity index (χ4v) is 3.59. The highest BCUT2D eigenvalue weighted by Crippen LogP contribution is 2.28. The maximum Gasteiger partial charge on any atom is 0.122 e. The number of benzene rings is 2. The molecule has 0 fully saturated rings. The number of fused-ring (bicyclic) bond motifs is 1. The predicted molar refractivity (Wildman–Crippen MR) is 94.8 cm³/mol. The molecule has 110 valence electrons. The van der Waals surface area contributed by atoms with Crippen LogP contribution in [0.2, 0.25) is 0 Å². The van der Waals surface area contributed by atoms with Crippen molar-refractivity contribution in [1.29, 1.82) is 0 Å². The first-order valence-corrected chi connectivity index (χ1v) is 8.48. The summed E-state index contributed by atoms with van der Waals surface area (Å²) < 4.78 is 6.85.